The lowest BCUT2D eigenvalue weighted by Crippen LogP contribution is -2.25. The summed E-state index contributed by atoms with van der Waals surface area (Å²) in [7, 11) is 0. The Morgan fingerprint density at radius 2 is 1.59 bits per heavy atom. The van der Waals surface area contributed by atoms with Crippen LogP contribution in [0.4, 0.5) is 5.69 Å². The molecule has 0 aliphatic carbocycles. The van der Waals surface area contributed by atoms with Gasteiger partial charge in [0.05, 0.1) is 11.8 Å². The van der Waals surface area contributed by atoms with Crippen molar-refractivity contribution in [2.24, 2.45) is 10.4 Å². The van der Waals surface area contributed by atoms with Gasteiger partial charge in [0.2, 0.25) is 0 Å². The molecule has 2 N–H and O–H groups in total. The number of nitrogens with two attached hydrogens (primary N) is 1. The molecule has 0 bridgehead atoms. The number of nitrogens with zero attached hydrogens (tertiary/aromatic N) is 1. The number of hydrogen-bond acceptors (Lipinski definition) is 2. The first-order chi connectivity index (χ1) is 10.4. The van der Waals surface area contributed by atoms with E-state index in [1.807, 2.05) is 36.4 Å². The molecule has 2 aromatic rings. The summed E-state index contributed by atoms with van der Waals surface area (Å²) < 4.78 is 0. The fourth-order valence-corrected chi connectivity index (χ4v) is 2.66. The molecule has 116 valence electrons. The quantitative estimate of drug-likeness (QED) is 0.630. The lowest BCUT2D eigenvalue weighted by molar-refractivity contribution is 0.315. The Morgan fingerprint density at radius 3 is 2.14 bits per heavy atom. The van der Waals surface area contributed by atoms with E-state index in [9.17, 15) is 0 Å². The van der Waals surface area contributed by atoms with Crippen LogP contribution in [0.25, 0.3) is 0 Å². The van der Waals surface area contributed by atoms with Gasteiger partial charge >= 0.3 is 0 Å². The fourth-order valence-electron chi connectivity index (χ4n) is 2.66. The van der Waals surface area contributed by atoms with Crippen LogP contribution in [0.1, 0.15) is 45.2 Å². The van der Waals surface area contributed by atoms with E-state index in [1.165, 1.54) is 0 Å². The van der Waals surface area contributed by atoms with E-state index in [1.54, 1.807) is 0 Å². The van der Waals surface area contributed by atoms with Crippen LogP contribution in [0.15, 0.2) is 59.6 Å². The van der Waals surface area contributed by atoms with Gasteiger partial charge < -0.3 is 5.73 Å². The topological polar surface area (TPSA) is 38.4 Å². The number of para-hydroxylation sites is 1. The third-order valence-corrected chi connectivity index (χ3v) is 3.93. The molecule has 2 nitrogen and oxygen atoms in total. The molecule has 0 radical (unpaired) electrons. The molecule has 0 heterocycles. The maximum atomic E-state index is 6.20. The van der Waals surface area contributed by atoms with Gasteiger partial charge in [0.15, 0.2) is 0 Å². The van der Waals surface area contributed by atoms with Crippen molar-refractivity contribution in [2.75, 3.05) is 5.73 Å². The average Bonchev–Trinajstić information content (AvgIpc) is 2.49. The summed E-state index contributed by atoms with van der Waals surface area (Å²) >= 11 is 0. The van der Waals surface area contributed by atoms with Crippen molar-refractivity contribution < 1.29 is 0 Å². The highest BCUT2D eigenvalue weighted by Gasteiger charge is 2.23. The van der Waals surface area contributed by atoms with Gasteiger partial charge in [-0.1, -0.05) is 76.2 Å². The summed E-state index contributed by atoms with van der Waals surface area (Å²) in [5.41, 5.74) is 10.2. The van der Waals surface area contributed by atoms with E-state index in [2.05, 4.69) is 45.9 Å². The van der Waals surface area contributed by atoms with Crippen LogP contribution in [0, 0.1) is 5.41 Å². The summed E-state index contributed by atoms with van der Waals surface area (Å²) in [5, 5.41) is 0. The number of benzene rings is 2. The first-order valence-corrected chi connectivity index (χ1v) is 7.91. The van der Waals surface area contributed by atoms with Crippen LogP contribution < -0.4 is 5.73 Å². The molecule has 0 saturated carbocycles. The molecule has 1 atom stereocenters. The summed E-state index contributed by atoms with van der Waals surface area (Å²) in [4.78, 5) is 5.10. The van der Waals surface area contributed by atoms with Gasteiger partial charge in [-0.25, -0.2) is 0 Å². The summed E-state index contributed by atoms with van der Waals surface area (Å²) in [6.45, 7) is 8.90. The molecule has 0 spiro atoms. The van der Waals surface area contributed by atoms with Crippen molar-refractivity contribution in [3.63, 3.8) is 0 Å². The second kappa shape index (κ2) is 6.78. The van der Waals surface area contributed by atoms with Gasteiger partial charge in [-0.2, -0.15) is 0 Å². The van der Waals surface area contributed by atoms with E-state index in [0.717, 1.165) is 28.9 Å². The van der Waals surface area contributed by atoms with Gasteiger partial charge in [-0.15, -0.1) is 0 Å². The Hall–Kier alpha value is -2.09. The zero-order valence-corrected chi connectivity index (χ0v) is 14.0. The van der Waals surface area contributed by atoms with Gasteiger partial charge in [0.25, 0.3) is 0 Å². The standard InChI is InChI=1S/C20H26N2/c1-5-18(20(2,3)4)22-19(15-11-7-6-8-12-15)16-13-9-10-14-17(16)21/h6-14,18H,5,21H2,1-4H3/b22-19-. The zero-order valence-electron chi connectivity index (χ0n) is 14.0. The van der Waals surface area contributed by atoms with Crippen LogP contribution >= 0.6 is 0 Å². The largest absolute Gasteiger partial charge is 0.398 e. The Bertz CT molecular complexity index is 636. The Kier molecular flexibility index (Phi) is 5.02. The number of hydrogen-bond donors (Lipinski definition) is 1. The second-order valence-corrected chi connectivity index (χ2v) is 6.72. The lowest BCUT2D eigenvalue weighted by atomic mass is 9.85. The molecular formula is C20H26N2. The van der Waals surface area contributed by atoms with E-state index < -0.39 is 0 Å². The molecular weight excluding hydrogens is 268 g/mol. The summed E-state index contributed by atoms with van der Waals surface area (Å²) in [6, 6.07) is 18.5. The Labute approximate surface area is 134 Å². The maximum absolute atomic E-state index is 6.20. The smallest absolute Gasteiger partial charge is 0.0743 e. The van der Waals surface area contributed by atoms with Crippen LogP contribution in [0.2, 0.25) is 0 Å². The number of rotatable bonds is 4. The van der Waals surface area contributed by atoms with Crippen molar-refractivity contribution in [1.82, 2.24) is 0 Å². The summed E-state index contributed by atoms with van der Waals surface area (Å²) in [6.07, 6.45) is 1.01. The molecule has 2 aromatic carbocycles. The van der Waals surface area contributed by atoms with Crippen molar-refractivity contribution >= 4 is 11.4 Å². The Balaban J connectivity index is 2.59. The fraction of sp³-hybridized carbons (Fsp3) is 0.350. The van der Waals surface area contributed by atoms with Crippen molar-refractivity contribution in [3.8, 4) is 0 Å². The van der Waals surface area contributed by atoms with Gasteiger partial charge in [0.1, 0.15) is 0 Å². The highest BCUT2D eigenvalue weighted by molar-refractivity contribution is 6.15. The molecule has 0 amide bonds. The SMILES string of the molecule is CCC(/N=C(/c1ccccc1)c1ccccc1N)C(C)(C)C. The number of aliphatic imine (C=N–C) groups is 1. The molecule has 0 aliphatic heterocycles. The zero-order chi connectivity index (χ0) is 16.2. The van der Waals surface area contributed by atoms with Crippen LogP contribution in [0.3, 0.4) is 0 Å². The molecule has 0 aromatic heterocycles. The molecule has 2 rings (SSSR count). The third kappa shape index (κ3) is 3.76. The predicted octanol–water partition coefficient (Wildman–Crippen LogP) is 4.93. The van der Waals surface area contributed by atoms with Crippen LogP contribution in [-0.4, -0.2) is 11.8 Å². The minimum absolute atomic E-state index is 0.123. The Morgan fingerprint density at radius 1 is 1.00 bits per heavy atom. The second-order valence-electron chi connectivity index (χ2n) is 6.72. The molecule has 1 unspecified atom stereocenters. The van der Waals surface area contributed by atoms with Crippen molar-refractivity contribution in [1.29, 1.82) is 0 Å². The maximum Gasteiger partial charge on any atom is 0.0743 e. The van der Waals surface area contributed by atoms with Crippen LogP contribution in [0.5, 0.6) is 0 Å². The first-order valence-electron chi connectivity index (χ1n) is 7.91. The van der Waals surface area contributed by atoms with Crippen LogP contribution in [-0.2, 0) is 0 Å². The highest BCUT2D eigenvalue weighted by Crippen LogP contribution is 2.27. The normalized spacial score (nSPS) is 13.9. The van der Waals surface area contributed by atoms with Gasteiger partial charge in [0, 0.05) is 16.8 Å². The van der Waals surface area contributed by atoms with E-state index in [-0.39, 0.29) is 11.5 Å². The highest BCUT2D eigenvalue weighted by atomic mass is 14.8. The molecule has 22 heavy (non-hydrogen) atoms. The third-order valence-electron chi connectivity index (χ3n) is 3.93. The van der Waals surface area contributed by atoms with Crippen molar-refractivity contribution in [2.45, 2.75) is 40.2 Å². The summed E-state index contributed by atoms with van der Waals surface area (Å²) in [5.74, 6) is 0. The van der Waals surface area contributed by atoms with Crippen molar-refractivity contribution in [3.05, 3.63) is 65.7 Å². The van der Waals surface area contributed by atoms with E-state index >= 15 is 0 Å². The van der Waals surface area contributed by atoms with Gasteiger partial charge in [-0.3, -0.25) is 4.99 Å². The minimum Gasteiger partial charge on any atom is -0.398 e. The monoisotopic (exact) mass is 294 g/mol. The number of nitrogen functional groups attached to an aromatic ring is 1. The first kappa shape index (κ1) is 16.3. The molecule has 2 heteroatoms. The van der Waals surface area contributed by atoms with Gasteiger partial charge in [-0.05, 0) is 17.9 Å². The van der Waals surface area contributed by atoms with E-state index in [0.29, 0.717) is 0 Å². The predicted molar refractivity (Wildman–Crippen MR) is 96.5 cm³/mol. The number of anilines is 1. The van der Waals surface area contributed by atoms with E-state index in [4.69, 9.17) is 10.7 Å². The lowest BCUT2D eigenvalue weighted by Gasteiger charge is -2.27. The molecule has 0 fully saturated rings. The minimum atomic E-state index is 0.123. The molecule has 0 saturated heterocycles. The average molecular weight is 294 g/mol. The molecule has 0 aliphatic rings.